The van der Waals surface area contributed by atoms with Gasteiger partial charge in [-0.3, -0.25) is 0 Å². The Kier molecular flexibility index (Phi) is 4.92. The molecule has 1 aliphatic heterocycles. The third-order valence-electron chi connectivity index (χ3n) is 3.67. The molecule has 0 radical (unpaired) electrons. The average molecular weight is 320 g/mol. The van der Waals surface area contributed by atoms with Crippen LogP contribution in [0.2, 0.25) is 0 Å². The summed E-state index contributed by atoms with van der Waals surface area (Å²) in [6.45, 7) is 3.70. The first-order valence-corrected chi connectivity index (χ1v) is 7.66. The van der Waals surface area contributed by atoms with E-state index in [0.29, 0.717) is 24.8 Å². The number of urea groups is 1. The zero-order valence-corrected chi connectivity index (χ0v) is 13.0. The van der Waals surface area contributed by atoms with Gasteiger partial charge in [-0.2, -0.15) is 4.98 Å². The molecule has 23 heavy (non-hydrogen) atoms. The number of nitrogens with one attached hydrogen (secondary N) is 1. The molecule has 0 saturated carbocycles. The highest BCUT2D eigenvalue weighted by molar-refractivity contribution is 5.74. The van der Waals surface area contributed by atoms with Crippen molar-refractivity contribution in [2.24, 2.45) is 0 Å². The molecule has 1 N–H and O–H groups in total. The van der Waals surface area contributed by atoms with Crippen molar-refractivity contribution in [3.63, 3.8) is 0 Å². The molecule has 0 spiro atoms. The van der Waals surface area contributed by atoms with Crippen molar-refractivity contribution in [3.8, 4) is 0 Å². The minimum absolute atomic E-state index is 0.0229. The second-order valence-electron chi connectivity index (χ2n) is 5.49. The highest BCUT2D eigenvalue weighted by atomic mass is 16.5. The maximum Gasteiger partial charge on any atom is 0.317 e. The van der Waals surface area contributed by atoms with Gasteiger partial charge in [-0.1, -0.05) is 5.16 Å². The summed E-state index contributed by atoms with van der Waals surface area (Å²) in [5, 5.41) is 6.57. The van der Waals surface area contributed by atoms with Gasteiger partial charge < -0.3 is 23.9 Å². The van der Waals surface area contributed by atoms with Crippen molar-refractivity contribution in [2.75, 3.05) is 13.1 Å². The lowest BCUT2D eigenvalue weighted by molar-refractivity contribution is -0.0104. The summed E-state index contributed by atoms with van der Waals surface area (Å²) in [4.78, 5) is 18.1. The zero-order chi connectivity index (χ0) is 16.1. The molecule has 3 rings (SSSR count). The molecular formula is C15H20N4O4. The minimum atomic E-state index is -0.108. The van der Waals surface area contributed by atoms with Crippen molar-refractivity contribution in [1.29, 1.82) is 0 Å². The fourth-order valence-electron chi connectivity index (χ4n) is 2.53. The van der Waals surface area contributed by atoms with E-state index in [1.807, 2.05) is 6.07 Å². The Labute approximate surface area is 133 Å². The number of aromatic nitrogens is 2. The standard InChI is InChI=1S/C15H20N4O4/c1-11-17-14(23-18-11)10-22-13-4-2-6-19(9-13)15(20)16-8-12-5-3-7-21-12/h3,5,7,13H,2,4,6,8-10H2,1H3,(H,16,20). The van der Waals surface area contributed by atoms with Crippen LogP contribution >= 0.6 is 0 Å². The number of nitrogens with zero attached hydrogens (tertiary/aromatic N) is 3. The van der Waals surface area contributed by atoms with Crippen molar-refractivity contribution >= 4 is 6.03 Å². The molecule has 8 nitrogen and oxygen atoms in total. The quantitative estimate of drug-likeness (QED) is 0.904. The number of rotatable bonds is 5. The number of carbonyl (C=O) groups is 1. The second kappa shape index (κ2) is 7.28. The number of piperidine rings is 1. The van der Waals surface area contributed by atoms with Gasteiger partial charge in [0.05, 0.1) is 18.9 Å². The molecule has 8 heteroatoms. The molecule has 2 amide bonds. The van der Waals surface area contributed by atoms with Gasteiger partial charge in [-0.25, -0.2) is 4.79 Å². The number of carbonyl (C=O) groups excluding carboxylic acids is 1. The summed E-state index contributed by atoms with van der Waals surface area (Å²) in [6, 6.07) is 3.52. The number of ether oxygens (including phenoxy) is 1. The van der Waals surface area contributed by atoms with Gasteiger partial charge in [0.2, 0.25) is 0 Å². The van der Waals surface area contributed by atoms with E-state index in [9.17, 15) is 4.79 Å². The molecule has 2 aromatic heterocycles. The first-order chi connectivity index (χ1) is 11.2. The van der Waals surface area contributed by atoms with Crippen LogP contribution in [0.5, 0.6) is 0 Å². The highest BCUT2D eigenvalue weighted by Crippen LogP contribution is 2.15. The summed E-state index contributed by atoms with van der Waals surface area (Å²) < 4.78 is 16.0. The Morgan fingerprint density at radius 2 is 2.48 bits per heavy atom. The molecule has 1 unspecified atom stereocenters. The van der Waals surface area contributed by atoms with E-state index in [-0.39, 0.29) is 18.7 Å². The fourth-order valence-corrected chi connectivity index (χ4v) is 2.53. The normalized spacial score (nSPS) is 18.1. The number of hydrogen-bond acceptors (Lipinski definition) is 6. The Morgan fingerprint density at radius 3 is 3.22 bits per heavy atom. The molecule has 0 aliphatic carbocycles. The van der Waals surface area contributed by atoms with E-state index in [4.69, 9.17) is 13.7 Å². The molecule has 0 bridgehead atoms. The van der Waals surface area contributed by atoms with E-state index >= 15 is 0 Å². The van der Waals surface area contributed by atoms with Crippen LogP contribution in [0.25, 0.3) is 0 Å². The van der Waals surface area contributed by atoms with Crippen LogP contribution in [0.4, 0.5) is 4.79 Å². The molecule has 1 aliphatic rings. The van der Waals surface area contributed by atoms with E-state index in [1.54, 1.807) is 24.2 Å². The van der Waals surface area contributed by atoms with Crippen LogP contribution in [-0.4, -0.2) is 40.3 Å². The third-order valence-corrected chi connectivity index (χ3v) is 3.67. The van der Waals surface area contributed by atoms with Gasteiger partial charge in [-0.15, -0.1) is 0 Å². The Bertz CT molecular complexity index is 625. The molecule has 1 saturated heterocycles. The van der Waals surface area contributed by atoms with Crippen molar-refractivity contribution < 1.29 is 18.5 Å². The molecule has 2 aromatic rings. The maximum atomic E-state index is 12.2. The van der Waals surface area contributed by atoms with Gasteiger partial charge in [-0.05, 0) is 31.9 Å². The van der Waals surface area contributed by atoms with Crippen LogP contribution in [0, 0.1) is 6.92 Å². The summed E-state index contributed by atoms with van der Waals surface area (Å²) in [7, 11) is 0. The summed E-state index contributed by atoms with van der Waals surface area (Å²) in [6.07, 6.45) is 3.38. The number of likely N-dealkylation sites (tertiary alicyclic amines) is 1. The topological polar surface area (TPSA) is 93.6 Å². The van der Waals surface area contributed by atoms with E-state index in [1.165, 1.54) is 0 Å². The van der Waals surface area contributed by atoms with Crippen LogP contribution in [0.3, 0.4) is 0 Å². The number of aryl methyl sites for hydroxylation is 1. The highest BCUT2D eigenvalue weighted by Gasteiger charge is 2.24. The monoisotopic (exact) mass is 320 g/mol. The van der Waals surface area contributed by atoms with E-state index in [2.05, 4.69) is 15.5 Å². The third kappa shape index (κ3) is 4.32. The Morgan fingerprint density at radius 1 is 1.57 bits per heavy atom. The van der Waals surface area contributed by atoms with Gasteiger partial charge in [0.15, 0.2) is 5.82 Å². The Hall–Kier alpha value is -2.35. The SMILES string of the molecule is Cc1noc(COC2CCCN(C(=O)NCc3ccco3)C2)n1. The number of hydrogen-bond donors (Lipinski definition) is 1. The summed E-state index contributed by atoms with van der Waals surface area (Å²) >= 11 is 0. The van der Waals surface area contributed by atoms with Gasteiger partial charge in [0.1, 0.15) is 12.4 Å². The largest absolute Gasteiger partial charge is 0.467 e. The average Bonchev–Trinajstić information content (AvgIpc) is 3.22. The lowest BCUT2D eigenvalue weighted by Gasteiger charge is -2.32. The van der Waals surface area contributed by atoms with Gasteiger partial charge >= 0.3 is 6.03 Å². The zero-order valence-electron chi connectivity index (χ0n) is 13.0. The van der Waals surface area contributed by atoms with Crippen LogP contribution in [0.15, 0.2) is 27.3 Å². The molecule has 0 aromatic carbocycles. The van der Waals surface area contributed by atoms with Gasteiger partial charge in [0.25, 0.3) is 5.89 Å². The van der Waals surface area contributed by atoms with Crippen LogP contribution in [0.1, 0.15) is 30.3 Å². The predicted molar refractivity (Wildman–Crippen MR) is 79.4 cm³/mol. The summed E-state index contributed by atoms with van der Waals surface area (Å²) in [5.74, 6) is 1.78. The maximum absolute atomic E-state index is 12.2. The lowest BCUT2D eigenvalue weighted by Crippen LogP contribution is -2.47. The van der Waals surface area contributed by atoms with Crippen molar-refractivity contribution in [2.45, 2.75) is 39.0 Å². The number of amides is 2. The molecule has 1 atom stereocenters. The number of furan rings is 1. The molecule has 1 fully saturated rings. The first kappa shape index (κ1) is 15.5. The summed E-state index contributed by atoms with van der Waals surface area (Å²) in [5.41, 5.74) is 0. The molecular weight excluding hydrogens is 300 g/mol. The van der Waals surface area contributed by atoms with Gasteiger partial charge in [0, 0.05) is 13.1 Å². The minimum Gasteiger partial charge on any atom is -0.467 e. The van der Waals surface area contributed by atoms with Crippen molar-refractivity contribution in [1.82, 2.24) is 20.4 Å². The van der Waals surface area contributed by atoms with E-state index < -0.39 is 0 Å². The van der Waals surface area contributed by atoms with Crippen LogP contribution < -0.4 is 5.32 Å². The van der Waals surface area contributed by atoms with Crippen molar-refractivity contribution in [3.05, 3.63) is 35.9 Å². The first-order valence-electron chi connectivity index (χ1n) is 7.66. The fraction of sp³-hybridized carbons (Fsp3) is 0.533. The Balaban J connectivity index is 1.44. The lowest BCUT2D eigenvalue weighted by atomic mass is 10.1. The second-order valence-corrected chi connectivity index (χ2v) is 5.49. The predicted octanol–water partition coefficient (Wildman–Crippen LogP) is 1.86. The molecule has 3 heterocycles. The van der Waals surface area contributed by atoms with E-state index in [0.717, 1.165) is 25.1 Å². The smallest absolute Gasteiger partial charge is 0.317 e. The molecule has 124 valence electrons. The van der Waals surface area contributed by atoms with Crippen LogP contribution in [-0.2, 0) is 17.9 Å².